The number of carbonyl (C=O) groups excluding carboxylic acids is 2. The van der Waals surface area contributed by atoms with E-state index in [4.69, 9.17) is 5.11 Å². The first-order valence-corrected chi connectivity index (χ1v) is 9.03. The molecule has 0 saturated carbocycles. The molecule has 0 bridgehead atoms. The van der Waals surface area contributed by atoms with Gasteiger partial charge in [0.05, 0.1) is 5.54 Å². The van der Waals surface area contributed by atoms with E-state index in [1.165, 1.54) is 0 Å². The van der Waals surface area contributed by atoms with Gasteiger partial charge in [-0.05, 0) is 45.6 Å². The highest BCUT2D eigenvalue weighted by atomic mass is 16.4. The summed E-state index contributed by atoms with van der Waals surface area (Å²) in [6, 6.07) is 8.03. The van der Waals surface area contributed by atoms with Gasteiger partial charge in [-0.1, -0.05) is 29.8 Å². The lowest BCUT2D eigenvalue weighted by Gasteiger charge is -2.31. The second-order valence-electron chi connectivity index (χ2n) is 7.76. The molecule has 1 fully saturated rings. The lowest BCUT2D eigenvalue weighted by atomic mass is 9.86. The summed E-state index contributed by atoms with van der Waals surface area (Å²) in [5, 5.41) is 14.9. The van der Waals surface area contributed by atoms with Gasteiger partial charge in [-0.15, -0.1) is 0 Å². The van der Waals surface area contributed by atoms with Gasteiger partial charge in [-0.3, -0.25) is 14.4 Å². The Hall–Kier alpha value is -2.37. The minimum absolute atomic E-state index is 0.0171. The maximum Gasteiger partial charge on any atom is 0.303 e. The largest absolute Gasteiger partial charge is 0.481 e. The van der Waals surface area contributed by atoms with Crippen LogP contribution < -0.4 is 10.6 Å². The average molecular weight is 360 g/mol. The molecule has 1 saturated heterocycles. The van der Waals surface area contributed by atoms with E-state index < -0.39 is 17.0 Å². The quantitative estimate of drug-likeness (QED) is 0.664. The van der Waals surface area contributed by atoms with Crippen LogP contribution in [0.5, 0.6) is 0 Å². The topological polar surface area (TPSA) is 95.5 Å². The Morgan fingerprint density at radius 1 is 1.19 bits per heavy atom. The van der Waals surface area contributed by atoms with Gasteiger partial charge in [-0.25, -0.2) is 0 Å². The zero-order chi connectivity index (χ0) is 19.4. The van der Waals surface area contributed by atoms with E-state index in [0.717, 1.165) is 11.1 Å². The highest BCUT2D eigenvalue weighted by molar-refractivity contribution is 5.80. The lowest BCUT2D eigenvalue weighted by molar-refractivity contribution is -0.137. The fourth-order valence-electron chi connectivity index (χ4n) is 3.43. The van der Waals surface area contributed by atoms with Crippen LogP contribution >= 0.6 is 0 Å². The second kappa shape index (κ2) is 7.89. The van der Waals surface area contributed by atoms with Gasteiger partial charge in [0.2, 0.25) is 11.8 Å². The monoisotopic (exact) mass is 360 g/mol. The maximum absolute atomic E-state index is 12.5. The zero-order valence-electron chi connectivity index (χ0n) is 15.7. The molecule has 6 nitrogen and oxygen atoms in total. The van der Waals surface area contributed by atoms with Gasteiger partial charge in [0.15, 0.2) is 0 Å². The molecule has 2 rings (SSSR count). The summed E-state index contributed by atoms with van der Waals surface area (Å²) in [5.74, 6) is -1.07. The van der Waals surface area contributed by atoms with Crippen LogP contribution in [0.25, 0.3) is 0 Å². The second-order valence-corrected chi connectivity index (χ2v) is 7.76. The molecule has 0 aromatic heterocycles. The van der Waals surface area contributed by atoms with E-state index in [1.54, 1.807) is 0 Å². The molecule has 0 unspecified atom stereocenters. The molecule has 0 radical (unpaired) electrons. The minimum atomic E-state index is -0.893. The molecule has 1 aromatic rings. The van der Waals surface area contributed by atoms with E-state index in [9.17, 15) is 14.4 Å². The Kier molecular flexibility index (Phi) is 6.05. The summed E-state index contributed by atoms with van der Waals surface area (Å²) in [6.45, 7) is 5.92. The number of rotatable bonds is 8. The van der Waals surface area contributed by atoms with Gasteiger partial charge in [0.25, 0.3) is 0 Å². The Morgan fingerprint density at radius 2 is 1.81 bits per heavy atom. The van der Waals surface area contributed by atoms with E-state index >= 15 is 0 Å². The fourth-order valence-corrected chi connectivity index (χ4v) is 3.43. The summed E-state index contributed by atoms with van der Waals surface area (Å²) in [6.07, 6.45) is 1.99. The molecule has 6 heteroatoms. The number of carbonyl (C=O) groups is 3. The van der Waals surface area contributed by atoms with Crippen molar-refractivity contribution in [2.75, 3.05) is 0 Å². The molecule has 0 aliphatic carbocycles. The number of carboxylic acid groups (broad SMARTS) is 1. The molecule has 1 aliphatic rings. The number of carboxylic acids is 1. The normalized spacial score (nSPS) is 19.9. The number of hydrogen-bond donors (Lipinski definition) is 3. The smallest absolute Gasteiger partial charge is 0.303 e. The molecule has 1 aromatic carbocycles. The third kappa shape index (κ3) is 5.31. The highest BCUT2D eigenvalue weighted by Gasteiger charge is 2.38. The average Bonchev–Trinajstić information content (AvgIpc) is 2.93. The first-order chi connectivity index (χ1) is 12.1. The molecule has 2 amide bonds. The zero-order valence-corrected chi connectivity index (χ0v) is 15.7. The van der Waals surface area contributed by atoms with E-state index in [0.29, 0.717) is 25.7 Å². The molecule has 3 N–H and O–H groups in total. The van der Waals surface area contributed by atoms with Gasteiger partial charge >= 0.3 is 5.97 Å². The molecule has 0 spiro atoms. The van der Waals surface area contributed by atoms with Crippen LogP contribution in [0.15, 0.2) is 24.3 Å². The SMILES string of the molecule is Cc1ccc(C(C)(C)NC(=O)CC[C@]2(CCC(=O)O)CCC(=O)N2)cc1. The Balaban J connectivity index is 1.96. The summed E-state index contributed by atoms with van der Waals surface area (Å²) in [5.41, 5.74) is 1.10. The summed E-state index contributed by atoms with van der Waals surface area (Å²) >= 11 is 0. The number of hydrogen-bond acceptors (Lipinski definition) is 3. The molecular weight excluding hydrogens is 332 g/mol. The fraction of sp³-hybridized carbons (Fsp3) is 0.550. The van der Waals surface area contributed by atoms with Crippen LogP contribution in [-0.2, 0) is 19.9 Å². The van der Waals surface area contributed by atoms with Crippen molar-refractivity contribution in [3.05, 3.63) is 35.4 Å². The van der Waals surface area contributed by atoms with E-state index in [2.05, 4.69) is 10.6 Å². The van der Waals surface area contributed by atoms with Crippen LogP contribution in [0.1, 0.15) is 63.5 Å². The van der Waals surface area contributed by atoms with E-state index in [-0.39, 0.29) is 24.7 Å². The molecule has 142 valence electrons. The van der Waals surface area contributed by atoms with E-state index in [1.807, 2.05) is 45.0 Å². The Morgan fingerprint density at radius 3 is 2.35 bits per heavy atom. The Labute approximate surface area is 154 Å². The van der Waals surface area contributed by atoms with Crippen molar-refractivity contribution in [2.24, 2.45) is 0 Å². The van der Waals surface area contributed by atoms with Gasteiger partial charge < -0.3 is 15.7 Å². The molecule has 26 heavy (non-hydrogen) atoms. The van der Waals surface area contributed by atoms with Crippen molar-refractivity contribution < 1.29 is 19.5 Å². The molecule has 1 atom stereocenters. The summed E-state index contributed by atoms with van der Waals surface area (Å²) < 4.78 is 0. The number of benzene rings is 1. The van der Waals surface area contributed by atoms with Crippen molar-refractivity contribution in [3.8, 4) is 0 Å². The molecule has 1 aliphatic heterocycles. The Bertz CT molecular complexity index is 682. The van der Waals surface area contributed by atoms with Crippen molar-refractivity contribution in [2.45, 2.75) is 70.4 Å². The first kappa shape index (κ1) is 19.9. The summed E-state index contributed by atoms with van der Waals surface area (Å²) in [7, 11) is 0. The standard InChI is InChI=1S/C20H28N2O4/c1-14-4-6-15(7-5-14)19(2,3)21-16(23)8-11-20(13-10-18(25)26)12-9-17(24)22-20/h4-7H,8-13H2,1-3H3,(H,21,23)(H,22,24)(H,25,26)/t20-/m1/s1. The number of aliphatic carboxylic acids is 1. The predicted molar refractivity (Wildman–Crippen MR) is 98.6 cm³/mol. The first-order valence-electron chi connectivity index (χ1n) is 9.03. The van der Waals surface area contributed by atoms with Gasteiger partial charge in [-0.2, -0.15) is 0 Å². The minimum Gasteiger partial charge on any atom is -0.481 e. The van der Waals surface area contributed by atoms with Crippen molar-refractivity contribution in [3.63, 3.8) is 0 Å². The van der Waals surface area contributed by atoms with Gasteiger partial charge in [0, 0.05) is 24.8 Å². The third-order valence-electron chi connectivity index (χ3n) is 5.11. The van der Waals surface area contributed by atoms with Crippen LogP contribution in [-0.4, -0.2) is 28.4 Å². The third-order valence-corrected chi connectivity index (χ3v) is 5.11. The van der Waals surface area contributed by atoms with Crippen molar-refractivity contribution >= 4 is 17.8 Å². The highest BCUT2D eigenvalue weighted by Crippen LogP contribution is 2.30. The number of nitrogens with one attached hydrogen (secondary N) is 2. The van der Waals surface area contributed by atoms with Crippen LogP contribution in [0.4, 0.5) is 0 Å². The number of amides is 2. The van der Waals surface area contributed by atoms with Crippen LogP contribution in [0.3, 0.4) is 0 Å². The van der Waals surface area contributed by atoms with Gasteiger partial charge in [0.1, 0.15) is 0 Å². The number of aryl methyl sites for hydroxylation is 1. The molecule has 1 heterocycles. The molecular formula is C20H28N2O4. The van der Waals surface area contributed by atoms with Crippen LogP contribution in [0, 0.1) is 6.92 Å². The predicted octanol–water partition coefficient (Wildman–Crippen LogP) is 2.64. The summed E-state index contributed by atoms with van der Waals surface area (Å²) in [4.78, 5) is 35.0. The van der Waals surface area contributed by atoms with Crippen molar-refractivity contribution in [1.29, 1.82) is 0 Å². The maximum atomic E-state index is 12.5. The lowest BCUT2D eigenvalue weighted by Crippen LogP contribution is -2.45. The van der Waals surface area contributed by atoms with Crippen LogP contribution in [0.2, 0.25) is 0 Å². The van der Waals surface area contributed by atoms with Crippen molar-refractivity contribution in [1.82, 2.24) is 10.6 Å².